The van der Waals surface area contributed by atoms with E-state index < -0.39 is 0 Å². The van der Waals surface area contributed by atoms with Crippen molar-refractivity contribution < 1.29 is 13.9 Å². The first-order valence-corrected chi connectivity index (χ1v) is 13.5. The number of carbonyl (C=O) groups is 1. The molecule has 188 valence electrons. The van der Waals surface area contributed by atoms with Gasteiger partial charge in [0.1, 0.15) is 18.2 Å². The van der Waals surface area contributed by atoms with Gasteiger partial charge in [-0.2, -0.15) is 5.10 Å². The zero-order valence-corrected chi connectivity index (χ0v) is 23.6. The van der Waals surface area contributed by atoms with E-state index in [4.69, 9.17) is 9.72 Å². The summed E-state index contributed by atoms with van der Waals surface area (Å²) in [7, 11) is 0. The fourth-order valence-corrected chi connectivity index (χ4v) is 5.69. The number of hydrazone groups is 1. The van der Waals surface area contributed by atoms with Crippen LogP contribution in [0.4, 0.5) is 4.39 Å². The van der Waals surface area contributed by atoms with Gasteiger partial charge in [-0.25, -0.2) is 14.8 Å². The molecular weight excluding hydrogens is 660 g/mol. The van der Waals surface area contributed by atoms with Crippen LogP contribution >= 0.6 is 38.5 Å². The number of benzene rings is 4. The summed E-state index contributed by atoms with van der Waals surface area (Å²) >= 11 is 5.71. The molecule has 5 rings (SSSR count). The molecule has 0 aliphatic rings. The Hall–Kier alpha value is -3.63. The van der Waals surface area contributed by atoms with Crippen LogP contribution in [-0.4, -0.2) is 17.1 Å². The van der Waals surface area contributed by atoms with Gasteiger partial charge < -0.3 is 4.74 Å². The minimum Gasteiger partial charge on any atom is -0.487 e. The van der Waals surface area contributed by atoms with Gasteiger partial charge in [-0.1, -0.05) is 60.7 Å². The smallest absolute Gasteiger partial charge is 0.272 e. The maximum absolute atomic E-state index is 13.4. The van der Waals surface area contributed by atoms with Crippen LogP contribution in [0.15, 0.2) is 107 Å². The van der Waals surface area contributed by atoms with Crippen molar-refractivity contribution >= 4 is 61.5 Å². The lowest BCUT2D eigenvalue weighted by Crippen LogP contribution is -2.18. The lowest BCUT2D eigenvalue weighted by Gasteiger charge is -2.11. The predicted octanol–water partition coefficient (Wildman–Crippen LogP) is 7.75. The van der Waals surface area contributed by atoms with E-state index in [1.807, 2.05) is 72.8 Å². The van der Waals surface area contributed by atoms with Crippen molar-refractivity contribution in [3.8, 4) is 17.0 Å². The summed E-state index contributed by atoms with van der Waals surface area (Å²) < 4.78 is 20.9. The first-order chi connectivity index (χ1) is 18.5. The monoisotopic (exact) mass is 679 g/mol. The summed E-state index contributed by atoms with van der Waals surface area (Å²) in [6.45, 7) is 0.237. The number of fused-ring (bicyclic) bond motifs is 1. The molecule has 0 fully saturated rings. The minimum atomic E-state index is -0.333. The molecule has 4 aromatic carbocycles. The normalized spacial score (nSPS) is 11.1. The quantitative estimate of drug-likeness (QED) is 0.109. The van der Waals surface area contributed by atoms with Gasteiger partial charge in [0.05, 0.1) is 31.0 Å². The number of aromatic nitrogens is 1. The van der Waals surface area contributed by atoms with E-state index in [1.165, 1.54) is 12.1 Å². The Morgan fingerprint density at radius 3 is 2.58 bits per heavy atom. The number of halogens is 3. The molecule has 8 heteroatoms. The van der Waals surface area contributed by atoms with Crippen molar-refractivity contribution in [3.63, 3.8) is 0 Å². The molecular formula is C30H20BrFIN3O2. The van der Waals surface area contributed by atoms with Gasteiger partial charge in [0, 0.05) is 10.9 Å². The summed E-state index contributed by atoms with van der Waals surface area (Å²) in [4.78, 5) is 17.9. The number of hydrogen-bond acceptors (Lipinski definition) is 4. The molecule has 5 nitrogen and oxygen atoms in total. The average molecular weight is 680 g/mol. The Kier molecular flexibility index (Phi) is 8.09. The highest BCUT2D eigenvalue weighted by molar-refractivity contribution is 14.1. The fourth-order valence-electron chi connectivity index (χ4n) is 3.92. The van der Waals surface area contributed by atoms with E-state index >= 15 is 0 Å². The standard InChI is InChI=1S/C30H20BrFIN3O2/c31-25-14-20(15-26(33)29(25)38-18-19-7-6-10-22(32)13-19)17-34-36-30(37)24-16-28(21-8-2-1-3-9-21)35-27-12-5-4-11-23(24)27/h1-17H,18H2,(H,36,37)/b34-17+. The van der Waals surface area contributed by atoms with E-state index in [2.05, 4.69) is 49.0 Å². The number of pyridine rings is 1. The van der Waals surface area contributed by atoms with Crippen LogP contribution in [0, 0.1) is 9.39 Å². The molecule has 5 aromatic rings. The second-order valence-corrected chi connectivity index (χ2v) is 10.4. The number of carbonyl (C=O) groups excluding carboxylic acids is 1. The molecule has 1 aromatic heterocycles. The Bertz CT molecular complexity index is 1640. The molecule has 0 atom stereocenters. The first-order valence-electron chi connectivity index (χ1n) is 11.6. The number of rotatable bonds is 7. The van der Waals surface area contributed by atoms with Gasteiger partial charge in [-0.15, -0.1) is 0 Å². The second kappa shape index (κ2) is 11.8. The van der Waals surface area contributed by atoms with Crippen LogP contribution in [0.5, 0.6) is 5.75 Å². The number of ether oxygens (including phenoxy) is 1. The molecule has 0 aliphatic carbocycles. The fraction of sp³-hybridized carbons (Fsp3) is 0.0333. The molecule has 0 spiro atoms. The van der Waals surface area contributed by atoms with Crippen LogP contribution in [0.25, 0.3) is 22.2 Å². The lowest BCUT2D eigenvalue weighted by molar-refractivity contribution is 0.0956. The molecule has 0 aliphatic heterocycles. The zero-order chi connectivity index (χ0) is 26.5. The maximum atomic E-state index is 13.4. The Labute approximate surface area is 241 Å². The Balaban J connectivity index is 1.33. The van der Waals surface area contributed by atoms with Crippen LogP contribution < -0.4 is 10.2 Å². The van der Waals surface area contributed by atoms with E-state index in [0.717, 1.165) is 35.6 Å². The van der Waals surface area contributed by atoms with Crippen molar-refractivity contribution in [2.24, 2.45) is 5.10 Å². The zero-order valence-electron chi connectivity index (χ0n) is 19.9. The molecule has 1 amide bonds. The molecule has 0 saturated carbocycles. The molecule has 0 unspecified atom stereocenters. The molecule has 1 N–H and O–H groups in total. The summed E-state index contributed by atoms with van der Waals surface area (Å²) in [5, 5.41) is 4.94. The summed E-state index contributed by atoms with van der Waals surface area (Å²) in [6, 6.07) is 29.1. The average Bonchev–Trinajstić information content (AvgIpc) is 2.92. The highest BCUT2D eigenvalue weighted by Crippen LogP contribution is 2.32. The summed E-state index contributed by atoms with van der Waals surface area (Å²) in [5.41, 5.74) is 7.01. The highest BCUT2D eigenvalue weighted by atomic mass is 127. The molecule has 0 saturated heterocycles. The third kappa shape index (κ3) is 6.08. The lowest BCUT2D eigenvalue weighted by atomic mass is 10.0. The second-order valence-electron chi connectivity index (χ2n) is 8.37. The molecule has 0 radical (unpaired) electrons. The highest BCUT2D eigenvalue weighted by Gasteiger charge is 2.14. The molecule has 38 heavy (non-hydrogen) atoms. The number of hydrogen-bond donors (Lipinski definition) is 1. The van der Waals surface area contributed by atoms with E-state index in [-0.39, 0.29) is 18.3 Å². The van der Waals surface area contributed by atoms with Gasteiger partial charge in [0.25, 0.3) is 5.91 Å². The van der Waals surface area contributed by atoms with Gasteiger partial charge in [-0.3, -0.25) is 4.79 Å². The topological polar surface area (TPSA) is 63.6 Å². The van der Waals surface area contributed by atoms with Crippen molar-refractivity contribution in [2.45, 2.75) is 6.61 Å². The Morgan fingerprint density at radius 1 is 1.00 bits per heavy atom. The minimum absolute atomic E-state index is 0.237. The van der Waals surface area contributed by atoms with Crippen LogP contribution in [0.3, 0.4) is 0 Å². The SMILES string of the molecule is O=C(N/N=C/c1cc(Br)c(OCc2cccc(F)c2)c(I)c1)c1cc(-c2ccccc2)nc2ccccc12. The van der Waals surface area contributed by atoms with Gasteiger partial charge in [-0.05, 0) is 86.0 Å². The van der Waals surface area contributed by atoms with E-state index in [1.54, 1.807) is 18.3 Å². The maximum Gasteiger partial charge on any atom is 0.272 e. The largest absolute Gasteiger partial charge is 0.487 e. The number of nitrogens with one attached hydrogen (secondary N) is 1. The van der Waals surface area contributed by atoms with Crippen molar-refractivity contribution in [2.75, 3.05) is 0 Å². The summed E-state index contributed by atoms with van der Waals surface area (Å²) in [6.07, 6.45) is 1.57. The number of amides is 1. The van der Waals surface area contributed by atoms with Gasteiger partial charge in [0.2, 0.25) is 0 Å². The summed E-state index contributed by atoms with van der Waals surface area (Å²) in [5.74, 6) is 0.0121. The van der Waals surface area contributed by atoms with Crippen molar-refractivity contribution in [3.05, 3.63) is 128 Å². The van der Waals surface area contributed by atoms with E-state index in [9.17, 15) is 9.18 Å². The van der Waals surface area contributed by atoms with Gasteiger partial charge >= 0.3 is 0 Å². The third-order valence-electron chi connectivity index (χ3n) is 5.70. The first kappa shape index (κ1) is 26.0. The van der Waals surface area contributed by atoms with Crippen LogP contribution in [-0.2, 0) is 6.61 Å². The third-order valence-corrected chi connectivity index (χ3v) is 7.09. The molecule has 1 heterocycles. The van der Waals surface area contributed by atoms with Crippen LogP contribution in [0.1, 0.15) is 21.5 Å². The number of para-hydroxylation sites is 1. The van der Waals surface area contributed by atoms with Crippen molar-refractivity contribution in [1.29, 1.82) is 0 Å². The van der Waals surface area contributed by atoms with Crippen LogP contribution in [0.2, 0.25) is 0 Å². The Morgan fingerprint density at radius 2 is 1.79 bits per heavy atom. The van der Waals surface area contributed by atoms with Gasteiger partial charge in [0.15, 0.2) is 0 Å². The van der Waals surface area contributed by atoms with Crippen molar-refractivity contribution in [1.82, 2.24) is 10.4 Å². The molecule has 0 bridgehead atoms. The van der Waals surface area contributed by atoms with E-state index in [0.29, 0.717) is 17.0 Å². The number of nitrogens with zero attached hydrogens (tertiary/aromatic N) is 2. The predicted molar refractivity (Wildman–Crippen MR) is 160 cm³/mol.